The maximum atomic E-state index is 13.5. The highest BCUT2D eigenvalue weighted by Crippen LogP contribution is 2.18. The minimum absolute atomic E-state index is 0.0269. The van der Waals surface area contributed by atoms with Gasteiger partial charge in [-0.15, -0.1) is 0 Å². The second-order valence-corrected chi connectivity index (χ2v) is 9.57. The zero-order chi connectivity index (χ0) is 29.1. The fraction of sp³-hybridized carbons (Fsp3) is 0.481. The van der Waals surface area contributed by atoms with Crippen LogP contribution in [0.15, 0.2) is 36.4 Å². The molecule has 216 valence electrons. The van der Waals surface area contributed by atoms with Crippen LogP contribution in [0.5, 0.6) is 0 Å². The van der Waals surface area contributed by atoms with Crippen LogP contribution in [-0.4, -0.2) is 114 Å². The number of carboxylic acids is 1. The van der Waals surface area contributed by atoms with E-state index in [-0.39, 0.29) is 31.7 Å². The van der Waals surface area contributed by atoms with Crippen molar-refractivity contribution in [1.29, 1.82) is 0 Å². The molecular weight excluding hydrogens is 518 g/mol. The van der Waals surface area contributed by atoms with Gasteiger partial charge in [0.15, 0.2) is 11.6 Å². The van der Waals surface area contributed by atoms with Gasteiger partial charge in [0.2, 0.25) is 0 Å². The number of nitrogens with one attached hydrogen (secondary N) is 3. The van der Waals surface area contributed by atoms with Crippen molar-refractivity contribution >= 4 is 29.6 Å². The highest BCUT2D eigenvalue weighted by atomic mass is 16.6. The van der Waals surface area contributed by atoms with Crippen LogP contribution in [0.2, 0.25) is 0 Å². The molecule has 2 unspecified atom stereocenters. The van der Waals surface area contributed by atoms with E-state index in [1.165, 1.54) is 11.0 Å². The Morgan fingerprint density at radius 1 is 1.20 bits per heavy atom. The van der Waals surface area contributed by atoms with E-state index in [9.17, 15) is 24.3 Å². The number of piperazine rings is 1. The number of anilines is 1. The van der Waals surface area contributed by atoms with Crippen molar-refractivity contribution < 1.29 is 29.0 Å². The van der Waals surface area contributed by atoms with E-state index in [1.54, 1.807) is 6.92 Å². The summed E-state index contributed by atoms with van der Waals surface area (Å²) in [7, 11) is 3.88. The van der Waals surface area contributed by atoms with Crippen LogP contribution < -0.4 is 16.0 Å². The van der Waals surface area contributed by atoms with Crippen LogP contribution in [0.1, 0.15) is 30.3 Å². The predicted molar refractivity (Wildman–Crippen MR) is 148 cm³/mol. The minimum Gasteiger partial charge on any atom is -0.481 e. The molecule has 1 aromatic heterocycles. The molecule has 2 amide bonds. The molecule has 1 aromatic carbocycles. The zero-order valence-electron chi connectivity index (χ0n) is 23.1. The van der Waals surface area contributed by atoms with Crippen LogP contribution >= 0.6 is 0 Å². The highest BCUT2D eigenvalue weighted by molar-refractivity contribution is 5.99. The lowest BCUT2D eigenvalue weighted by atomic mass is 9.98. The van der Waals surface area contributed by atoms with Gasteiger partial charge in [-0.1, -0.05) is 30.3 Å². The number of Topliss-reactive ketones (excluding diaryl/α,β-unsaturated/α-hetero) is 1. The van der Waals surface area contributed by atoms with Crippen molar-refractivity contribution in [3.05, 3.63) is 42.1 Å². The summed E-state index contributed by atoms with van der Waals surface area (Å²) in [6.07, 6.45) is -0.986. The number of aromatic nitrogens is 2. The molecule has 13 nitrogen and oxygen atoms in total. The maximum Gasteiger partial charge on any atom is 0.409 e. The van der Waals surface area contributed by atoms with Gasteiger partial charge in [0.05, 0.1) is 18.7 Å². The second-order valence-electron chi connectivity index (χ2n) is 9.57. The summed E-state index contributed by atoms with van der Waals surface area (Å²) >= 11 is 0. The molecule has 0 saturated carbocycles. The van der Waals surface area contributed by atoms with Crippen molar-refractivity contribution in [3.63, 3.8) is 0 Å². The third kappa shape index (κ3) is 8.99. The van der Waals surface area contributed by atoms with E-state index in [4.69, 9.17) is 4.74 Å². The fourth-order valence-corrected chi connectivity index (χ4v) is 4.13. The van der Waals surface area contributed by atoms with E-state index in [1.807, 2.05) is 49.3 Å². The Morgan fingerprint density at radius 2 is 1.95 bits per heavy atom. The Labute approximate surface area is 233 Å². The van der Waals surface area contributed by atoms with Gasteiger partial charge in [0, 0.05) is 50.8 Å². The minimum atomic E-state index is -1.12. The number of hydrogen-bond acceptors (Lipinski definition) is 10. The standard InChI is InChI=1S/C27H37N7O6/c1-4-40-27(39)34-15-13-28-21(17-34)24(37)19(10-11-23(35)36)31-26(38)20-16-22(29-12-14-33(2)3)32-25(30-20)18-8-6-5-7-9-18/h5-9,16,19,21,28H,4,10-15,17H2,1-3H3,(H,31,38)(H,35,36)(H,29,30,32). The molecular formula is C27H37N7O6. The molecule has 2 atom stereocenters. The Hall–Kier alpha value is -4.10. The summed E-state index contributed by atoms with van der Waals surface area (Å²) in [6.45, 7) is 3.96. The van der Waals surface area contributed by atoms with Crippen LogP contribution in [0.4, 0.5) is 10.6 Å². The van der Waals surface area contributed by atoms with Gasteiger partial charge >= 0.3 is 12.1 Å². The number of hydrogen-bond donors (Lipinski definition) is 4. The molecule has 3 rings (SSSR count). The Morgan fingerprint density at radius 3 is 2.62 bits per heavy atom. The largest absolute Gasteiger partial charge is 0.481 e. The number of benzene rings is 1. The molecule has 2 heterocycles. The summed E-state index contributed by atoms with van der Waals surface area (Å²) < 4.78 is 5.05. The number of aliphatic carboxylic acids is 1. The molecule has 1 saturated heterocycles. The lowest BCUT2D eigenvalue weighted by Gasteiger charge is -2.33. The van der Waals surface area contributed by atoms with Crippen LogP contribution in [0, 0.1) is 0 Å². The third-order valence-corrected chi connectivity index (χ3v) is 6.20. The lowest BCUT2D eigenvalue weighted by Crippen LogP contribution is -2.59. The first-order chi connectivity index (χ1) is 19.2. The molecule has 0 aliphatic carbocycles. The smallest absolute Gasteiger partial charge is 0.409 e. The number of likely N-dealkylation sites (N-methyl/N-ethyl adjacent to an activating group) is 1. The first-order valence-corrected chi connectivity index (χ1v) is 13.2. The summed E-state index contributed by atoms with van der Waals surface area (Å²) in [5.74, 6) is -1.40. The van der Waals surface area contributed by atoms with E-state index in [0.717, 1.165) is 6.54 Å². The van der Waals surface area contributed by atoms with Crippen molar-refractivity contribution in [2.45, 2.75) is 31.8 Å². The van der Waals surface area contributed by atoms with Gasteiger partial charge in [0.25, 0.3) is 5.91 Å². The Kier molecular flexibility index (Phi) is 11.3. The van der Waals surface area contributed by atoms with Crippen LogP contribution in [0.3, 0.4) is 0 Å². The predicted octanol–water partition coefficient (Wildman–Crippen LogP) is 1.08. The SMILES string of the molecule is CCOC(=O)N1CCNC(C(=O)C(CCC(=O)O)NC(=O)c2cc(NCCN(C)C)nc(-c3ccccc3)n2)C1. The number of ketones is 1. The fourth-order valence-electron chi connectivity index (χ4n) is 4.13. The molecule has 1 fully saturated rings. The highest BCUT2D eigenvalue weighted by Gasteiger charge is 2.34. The van der Waals surface area contributed by atoms with Gasteiger partial charge in [-0.05, 0) is 27.4 Å². The summed E-state index contributed by atoms with van der Waals surface area (Å²) in [5.41, 5.74) is 0.732. The molecule has 2 aromatic rings. The molecule has 4 N–H and O–H groups in total. The number of rotatable bonds is 13. The van der Waals surface area contributed by atoms with Crippen LogP contribution in [-0.2, 0) is 14.3 Å². The van der Waals surface area contributed by atoms with E-state index >= 15 is 0 Å². The number of carboxylic acid groups (broad SMARTS) is 1. The van der Waals surface area contributed by atoms with Crippen molar-refractivity contribution in [2.24, 2.45) is 0 Å². The van der Waals surface area contributed by atoms with Crippen molar-refractivity contribution in [3.8, 4) is 11.4 Å². The molecule has 0 radical (unpaired) electrons. The summed E-state index contributed by atoms with van der Waals surface area (Å²) in [6, 6.07) is 8.75. The van der Waals surface area contributed by atoms with E-state index in [0.29, 0.717) is 36.8 Å². The van der Waals surface area contributed by atoms with Gasteiger partial charge < -0.3 is 35.6 Å². The molecule has 13 heteroatoms. The molecule has 1 aliphatic heterocycles. The number of amides is 2. The number of ether oxygens (including phenoxy) is 1. The second kappa shape index (κ2) is 14.9. The quantitative estimate of drug-likeness (QED) is 0.279. The average molecular weight is 556 g/mol. The first kappa shape index (κ1) is 30.4. The van der Waals surface area contributed by atoms with Crippen LogP contribution in [0.25, 0.3) is 11.4 Å². The maximum absolute atomic E-state index is 13.5. The van der Waals surface area contributed by atoms with Gasteiger partial charge in [-0.25, -0.2) is 14.8 Å². The Balaban J connectivity index is 1.83. The molecule has 1 aliphatic rings. The first-order valence-electron chi connectivity index (χ1n) is 13.2. The van der Waals surface area contributed by atoms with E-state index < -0.39 is 35.8 Å². The summed E-state index contributed by atoms with van der Waals surface area (Å²) in [5, 5.41) is 18.2. The molecule has 0 spiro atoms. The van der Waals surface area contributed by atoms with Crippen molar-refractivity contribution in [2.75, 3.05) is 58.7 Å². The number of nitrogens with zero attached hydrogens (tertiary/aromatic N) is 4. The number of carbonyl (C=O) groups is 4. The zero-order valence-corrected chi connectivity index (χ0v) is 23.1. The van der Waals surface area contributed by atoms with Gasteiger partial charge in [-0.2, -0.15) is 0 Å². The number of carbonyl (C=O) groups excluding carboxylic acids is 3. The third-order valence-electron chi connectivity index (χ3n) is 6.20. The normalized spacial score (nSPS) is 15.8. The summed E-state index contributed by atoms with van der Waals surface area (Å²) in [4.78, 5) is 62.8. The average Bonchev–Trinajstić information content (AvgIpc) is 2.95. The lowest BCUT2D eigenvalue weighted by molar-refractivity contribution is -0.137. The van der Waals surface area contributed by atoms with E-state index in [2.05, 4.69) is 25.9 Å². The Bertz CT molecular complexity index is 1180. The van der Waals surface area contributed by atoms with Crippen molar-refractivity contribution in [1.82, 2.24) is 30.4 Å². The monoisotopic (exact) mass is 555 g/mol. The molecule has 40 heavy (non-hydrogen) atoms. The molecule has 0 bridgehead atoms. The van der Waals surface area contributed by atoms with Gasteiger partial charge in [-0.3, -0.25) is 14.4 Å². The topological polar surface area (TPSA) is 166 Å². The van der Waals surface area contributed by atoms with Gasteiger partial charge in [0.1, 0.15) is 11.5 Å².